The van der Waals surface area contributed by atoms with Crippen molar-refractivity contribution in [1.29, 1.82) is 0 Å². The number of nitrogens with one attached hydrogen (secondary N) is 1. The Hall–Kier alpha value is -1.44. The van der Waals surface area contributed by atoms with Crippen molar-refractivity contribution in [3.05, 3.63) is 45.4 Å². The van der Waals surface area contributed by atoms with E-state index in [2.05, 4.69) is 20.7 Å². The van der Waals surface area contributed by atoms with Gasteiger partial charge in [-0.15, -0.1) is 0 Å². The van der Waals surface area contributed by atoms with Crippen LogP contribution >= 0.6 is 27.5 Å². The van der Waals surface area contributed by atoms with E-state index in [0.29, 0.717) is 26.7 Å². The van der Waals surface area contributed by atoms with Crippen LogP contribution in [0.1, 0.15) is 5.56 Å². The minimum atomic E-state index is -3.78. The summed E-state index contributed by atoms with van der Waals surface area (Å²) in [6.45, 7) is 1.78. The molecule has 0 radical (unpaired) electrons. The maximum Gasteiger partial charge on any atom is 0.262 e. The van der Waals surface area contributed by atoms with Crippen molar-refractivity contribution in [1.82, 2.24) is 0 Å². The summed E-state index contributed by atoms with van der Waals surface area (Å²) in [6.07, 6.45) is 0. The minimum Gasteiger partial charge on any atom is -0.496 e. The first-order valence-electron chi connectivity index (χ1n) is 6.49. The van der Waals surface area contributed by atoms with Gasteiger partial charge >= 0.3 is 0 Å². The quantitative estimate of drug-likeness (QED) is 0.786. The number of halogens is 2. The van der Waals surface area contributed by atoms with Gasteiger partial charge in [0.2, 0.25) is 0 Å². The maximum absolute atomic E-state index is 12.6. The van der Waals surface area contributed by atoms with E-state index < -0.39 is 10.0 Å². The lowest BCUT2D eigenvalue weighted by Crippen LogP contribution is -2.14. The van der Waals surface area contributed by atoms with E-state index in [9.17, 15) is 8.42 Å². The Balaban J connectivity index is 2.42. The maximum atomic E-state index is 12.6. The standard InChI is InChI=1S/C15H15BrClNO4S/c1-9-6-13(15(22-3)8-12(9)17)18-23(19,20)10-4-5-14(21-2)11(16)7-10/h4-8,18H,1-3H3. The lowest BCUT2D eigenvalue weighted by atomic mass is 10.2. The molecule has 124 valence electrons. The van der Waals surface area contributed by atoms with Crippen LogP contribution in [0.4, 0.5) is 5.69 Å². The second-order valence-electron chi connectivity index (χ2n) is 4.70. The zero-order valence-electron chi connectivity index (χ0n) is 12.7. The number of aryl methyl sites for hydroxylation is 1. The Morgan fingerprint density at radius 3 is 2.30 bits per heavy atom. The van der Waals surface area contributed by atoms with Crippen molar-refractivity contribution in [2.45, 2.75) is 11.8 Å². The third-order valence-corrected chi connectivity index (χ3v) is 5.55. The van der Waals surface area contributed by atoms with Gasteiger partial charge in [-0.2, -0.15) is 0 Å². The molecule has 0 heterocycles. The van der Waals surface area contributed by atoms with Crippen molar-refractivity contribution in [3.63, 3.8) is 0 Å². The van der Waals surface area contributed by atoms with Gasteiger partial charge in [-0.3, -0.25) is 4.72 Å². The number of anilines is 1. The molecule has 0 atom stereocenters. The number of sulfonamides is 1. The zero-order valence-corrected chi connectivity index (χ0v) is 15.8. The smallest absolute Gasteiger partial charge is 0.262 e. The van der Waals surface area contributed by atoms with Gasteiger partial charge in [0.1, 0.15) is 11.5 Å². The van der Waals surface area contributed by atoms with E-state index in [-0.39, 0.29) is 4.90 Å². The van der Waals surface area contributed by atoms with E-state index in [1.807, 2.05) is 0 Å². The van der Waals surface area contributed by atoms with Crippen molar-refractivity contribution in [2.75, 3.05) is 18.9 Å². The summed E-state index contributed by atoms with van der Waals surface area (Å²) in [6, 6.07) is 7.69. The van der Waals surface area contributed by atoms with Gasteiger partial charge in [-0.1, -0.05) is 11.6 Å². The summed E-state index contributed by atoms with van der Waals surface area (Å²) in [5, 5.41) is 0.497. The summed E-state index contributed by atoms with van der Waals surface area (Å²) >= 11 is 9.30. The van der Waals surface area contributed by atoms with Gasteiger partial charge in [0.05, 0.1) is 29.3 Å². The monoisotopic (exact) mass is 419 g/mol. The summed E-state index contributed by atoms with van der Waals surface area (Å²) in [5.41, 5.74) is 1.06. The average Bonchev–Trinajstić information content (AvgIpc) is 2.50. The topological polar surface area (TPSA) is 64.6 Å². The molecular formula is C15H15BrClNO4S. The molecule has 0 aromatic heterocycles. The van der Waals surface area contributed by atoms with Crippen molar-refractivity contribution < 1.29 is 17.9 Å². The highest BCUT2D eigenvalue weighted by molar-refractivity contribution is 9.10. The van der Waals surface area contributed by atoms with E-state index >= 15 is 0 Å². The molecule has 0 bridgehead atoms. The van der Waals surface area contributed by atoms with Crippen LogP contribution in [0.3, 0.4) is 0 Å². The van der Waals surface area contributed by atoms with Crippen molar-refractivity contribution in [2.24, 2.45) is 0 Å². The first-order valence-corrected chi connectivity index (χ1v) is 9.14. The molecule has 23 heavy (non-hydrogen) atoms. The molecule has 0 unspecified atom stereocenters. The molecule has 8 heteroatoms. The molecule has 0 saturated carbocycles. The molecule has 5 nitrogen and oxygen atoms in total. The summed E-state index contributed by atoms with van der Waals surface area (Å²) in [7, 11) is -0.827. The number of hydrogen-bond donors (Lipinski definition) is 1. The molecule has 0 aliphatic rings. The van der Waals surface area contributed by atoms with Gasteiger partial charge in [0.15, 0.2) is 0 Å². The molecule has 0 amide bonds. The largest absolute Gasteiger partial charge is 0.496 e. The van der Waals surface area contributed by atoms with Crippen LogP contribution in [0, 0.1) is 6.92 Å². The molecule has 0 aliphatic carbocycles. The van der Waals surface area contributed by atoms with Crippen LogP contribution in [-0.4, -0.2) is 22.6 Å². The average molecular weight is 421 g/mol. The predicted molar refractivity (Wildman–Crippen MR) is 94.2 cm³/mol. The summed E-state index contributed by atoms with van der Waals surface area (Å²) < 4.78 is 38.5. The zero-order chi connectivity index (χ0) is 17.2. The fourth-order valence-corrected chi connectivity index (χ4v) is 3.86. The SMILES string of the molecule is COc1ccc(S(=O)(=O)Nc2cc(C)c(Cl)cc2OC)cc1Br. The Bertz CT molecular complexity index is 840. The normalized spacial score (nSPS) is 11.2. The Kier molecular flexibility index (Phi) is 5.44. The second-order valence-corrected chi connectivity index (χ2v) is 7.65. The molecule has 2 aromatic carbocycles. The van der Waals surface area contributed by atoms with Crippen LogP contribution in [0.5, 0.6) is 11.5 Å². The molecule has 1 N–H and O–H groups in total. The van der Waals surface area contributed by atoms with Crippen LogP contribution in [0.25, 0.3) is 0 Å². The highest BCUT2D eigenvalue weighted by Crippen LogP contribution is 2.33. The summed E-state index contributed by atoms with van der Waals surface area (Å²) in [5.74, 6) is 0.889. The molecule has 0 fully saturated rings. The third kappa shape index (κ3) is 3.91. The molecule has 0 aliphatic heterocycles. The van der Waals surface area contributed by atoms with Gasteiger partial charge in [-0.25, -0.2) is 8.42 Å². The van der Waals surface area contributed by atoms with E-state index in [1.165, 1.54) is 26.4 Å². The van der Waals surface area contributed by atoms with Crippen molar-refractivity contribution in [3.8, 4) is 11.5 Å². The van der Waals surface area contributed by atoms with Crippen LogP contribution in [0.2, 0.25) is 5.02 Å². The van der Waals surface area contributed by atoms with Gasteiger partial charge in [0.25, 0.3) is 10.0 Å². The highest BCUT2D eigenvalue weighted by atomic mass is 79.9. The van der Waals surface area contributed by atoms with Crippen LogP contribution in [-0.2, 0) is 10.0 Å². The van der Waals surface area contributed by atoms with Crippen LogP contribution in [0.15, 0.2) is 39.7 Å². The Morgan fingerprint density at radius 2 is 1.74 bits per heavy atom. The molecule has 2 aromatic rings. The first kappa shape index (κ1) is 17.9. The predicted octanol–water partition coefficient (Wildman–Crippen LogP) is 4.23. The third-order valence-electron chi connectivity index (χ3n) is 3.16. The molecule has 2 rings (SSSR count). The van der Waals surface area contributed by atoms with Gasteiger partial charge in [-0.05, 0) is 52.7 Å². The Labute approximate surface area is 148 Å². The number of rotatable bonds is 5. The van der Waals surface area contributed by atoms with Crippen LogP contribution < -0.4 is 14.2 Å². The molecule has 0 spiro atoms. The lowest BCUT2D eigenvalue weighted by molar-refractivity contribution is 0.411. The van der Waals surface area contributed by atoms with E-state index in [4.69, 9.17) is 21.1 Å². The van der Waals surface area contributed by atoms with E-state index in [0.717, 1.165) is 5.56 Å². The van der Waals surface area contributed by atoms with Crippen molar-refractivity contribution >= 4 is 43.2 Å². The van der Waals surface area contributed by atoms with Gasteiger partial charge < -0.3 is 9.47 Å². The first-order chi connectivity index (χ1) is 10.8. The minimum absolute atomic E-state index is 0.0971. The fourth-order valence-electron chi connectivity index (χ4n) is 1.93. The van der Waals surface area contributed by atoms with Gasteiger partial charge in [0, 0.05) is 11.1 Å². The molecular weight excluding hydrogens is 406 g/mol. The Morgan fingerprint density at radius 1 is 1.09 bits per heavy atom. The number of hydrogen-bond acceptors (Lipinski definition) is 4. The highest BCUT2D eigenvalue weighted by Gasteiger charge is 2.19. The van der Waals surface area contributed by atoms with E-state index in [1.54, 1.807) is 25.1 Å². The number of methoxy groups -OCH3 is 2. The second kappa shape index (κ2) is 6.98. The number of ether oxygens (including phenoxy) is 2. The fraction of sp³-hybridized carbons (Fsp3) is 0.200. The number of benzene rings is 2. The summed E-state index contributed by atoms with van der Waals surface area (Å²) in [4.78, 5) is 0.0971. The lowest BCUT2D eigenvalue weighted by Gasteiger charge is -2.14. The molecule has 0 saturated heterocycles.